The van der Waals surface area contributed by atoms with Gasteiger partial charge in [-0.3, -0.25) is 14.3 Å². The number of carboxylic acids is 1. The smallest absolute Gasteiger partial charge is 0.303 e. The Balaban J connectivity index is 1.93. The molecule has 158 valence electrons. The van der Waals surface area contributed by atoms with E-state index in [1.54, 1.807) is 24.3 Å². The number of sulfonamides is 1. The second kappa shape index (κ2) is 8.66. The number of hydrogen-bond acceptors (Lipinski definition) is 5. The van der Waals surface area contributed by atoms with Crippen LogP contribution in [0.1, 0.15) is 42.0 Å². The van der Waals surface area contributed by atoms with Crippen molar-refractivity contribution in [3.8, 4) is 0 Å². The van der Waals surface area contributed by atoms with Crippen molar-refractivity contribution in [3.63, 3.8) is 0 Å². The van der Waals surface area contributed by atoms with Gasteiger partial charge in [0, 0.05) is 18.5 Å². The molecule has 0 aromatic heterocycles. The molecule has 2 aromatic carbocycles. The lowest BCUT2D eigenvalue weighted by Gasteiger charge is -2.22. The number of benzene rings is 2. The van der Waals surface area contributed by atoms with Crippen LogP contribution < -0.4 is 4.72 Å². The minimum atomic E-state index is -3.43. The molecule has 3 rings (SSSR count). The number of amides is 1. The standard InChI is InChI=1S/C21H23N3O5S/c1-14-5-3-7-16(11-14)19-13-18(22-24(19)20(25)9-10-21(26)27)15-6-4-8-17(12-15)23-30(2,28)29/h3-8,11-12,19,23H,9-10,13H2,1-2H3,(H,26,27)/t19-/m1/s1. The van der Waals surface area contributed by atoms with Crippen molar-refractivity contribution in [3.05, 3.63) is 65.2 Å². The Bertz CT molecular complexity index is 1110. The maximum absolute atomic E-state index is 12.7. The van der Waals surface area contributed by atoms with Gasteiger partial charge in [-0.1, -0.05) is 42.0 Å². The highest BCUT2D eigenvalue weighted by atomic mass is 32.2. The quantitative estimate of drug-likeness (QED) is 0.702. The predicted molar refractivity (Wildman–Crippen MR) is 114 cm³/mol. The second-order valence-corrected chi connectivity index (χ2v) is 9.02. The van der Waals surface area contributed by atoms with Gasteiger partial charge in [0.05, 0.1) is 24.4 Å². The van der Waals surface area contributed by atoms with Gasteiger partial charge in [0.25, 0.3) is 0 Å². The van der Waals surface area contributed by atoms with Crippen molar-refractivity contribution in [1.29, 1.82) is 0 Å². The number of rotatable bonds is 7. The van der Waals surface area contributed by atoms with Crippen LogP contribution in [-0.2, 0) is 19.6 Å². The number of carbonyl (C=O) groups is 2. The minimum Gasteiger partial charge on any atom is -0.481 e. The lowest BCUT2D eigenvalue weighted by atomic mass is 9.97. The third-order valence-electron chi connectivity index (χ3n) is 4.64. The van der Waals surface area contributed by atoms with Crippen molar-refractivity contribution >= 4 is 33.3 Å². The van der Waals surface area contributed by atoms with Crippen LogP contribution in [0.25, 0.3) is 0 Å². The van der Waals surface area contributed by atoms with Crippen LogP contribution in [0, 0.1) is 6.92 Å². The number of nitrogens with zero attached hydrogens (tertiary/aromatic N) is 2. The molecule has 0 saturated heterocycles. The van der Waals surface area contributed by atoms with Crippen LogP contribution in [0.15, 0.2) is 53.6 Å². The first-order valence-corrected chi connectivity index (χ1v) is 11.3. The van der Waals surface area contributed by atoms with E-state index in [9.17, 15) is 18.0 Å². The fraction of sp³-hybridized carbons (Fsp3) is 0.286. The van der Waals surface area contributed by atoms with Crippen LogP contribution >= 0.6 is 0 Å². The summed E-state index contributed by atoms with van der Waals surface area (Å²) in [5.74, 6) is -1.41. The average Bonchev–Trinajstić information content (AvgIpc) is 3.10. The SMILES string of the molecule is Cc1cccc([C@H]2CC(c3cccc(NS(C)(=O)=O)c3)=NN2C(=O)CCC(=O)O)c1. The largest absolute Gasteiger partial charge is 0.481 e. The zero-order chi connectivity index (χ0) is 21.9. The molecule has 0 bridgehead atoms. The molecule has 0 spiro atoms. The number of anilines is 1. The molecule has 8 nitrogen and oxygen atoms in total. The maximum atomic E-state index is 12.7. The van der Waals surface area contributed by atoms with E-state index in [-0.39, 0.29) is 24.8 Å². The Hall–Kier alpha value is -3.20. The number of nitrogens with one attached hydrogen (secondary N) is 1. The van der Waals surface area contributed by atoms with E-state index in [1.165, 1.54) is 5.01 Å². The summed E-state index contributed by atoms with van der Waals surface area (Å²) < 4.78 is 25.5. The molecule has 0 saturated carbocycles. The monoisotopic (exact) mass is 429 g/mol. The van der Waals surface area contributed by atoms with Crippen molar-refractivity contribution in [2.75, 3.05) is 11.0 Å². The van der Waals surface area contributed by atoms with Crippen LogP contribution in [0.5, 0.6) is 0 Å². The number of carbonyl (C=O) groups excluding carboxylic acids is 1. The van der Waals surface area contributed by atoms with E-state index >= 15 is 0 Å². The lowest BCUT2D eigenvalue weighted by Crippen LogP contribution is -2.27. The summed E-state index contributed by atoms with van der Waals surface area (Å²) in [7, 11) is -3.43. The number of aliphatic carboxylic acids is 1. The molecule has 1 atom stereocenters. The first kappa shape index (κ1) is 21.5. The minimum absolute atomic E-state index is 0.149. The van der Waals surface area contributed by atoms with Gasteiger partial charge in [-0.2, -0.15) is 5.10 Å². The highest BCUT2D eigenvalue weighted by molar-refractivity contribution is 7.92. The summed E-state index contributed by atoms with van der Waals surface area (Å²) in [4.78, 5) is 23.6. The van der Waals surface area contributed by atoms with E-state index in [4.69, 9.17) is 5.11 Å². The predicted octanol–water partition coefficient (Wildman–Crippen LogP) is 2.91. The fourth-order valence-electron chi connectivity index (χ4n) is 3.36. The van der Waals surface area contributed by atoms with Crippen molar-refractivity contribution < 1.29 is 23.1 Å². The van der Waals surface area contributed by atoms with Gasteiger partial charge in [-0.05, 0) is 30.2 Å². The van der Waals surface area contributed by atoms with Crippen LogP contribution in [0.4, 0.5) is 5.69 Å². The summed E-state index contributed by atoms with van der Waals surface area (Å²) >= 11 is 0. The van der Waals surface area contributed by atoms with Gasteiger partial charge in [0.2, 0.25) is 15.9 Å². The second-order valence-electron chi connectivity index (χ2n) is 7.27. The highest BCUT2D eigenvalue weighted by Crippen LogP contribution is 2.34. The molecule has 0 unspecified atom stereocenters. The zero-order valence-corrected chi connectivity index (χ0v) is 17.5. The zero-order valence-electron chi connectivity index (χ0n) is 16.7. The molecular formula is C21H23N3O5S. The third-order valence-corrected chi connectivity index (χ3v) is 5.25. The Morgan fingerprint density at radius 3 is 2.57 bits per heavy atom. The van der Waals surface area contributed by atoms with Gasteiger partial charge in [0.15, 0.2) is 0 Å². The molecular weight excluding hydrogens is 406 g/mol. The first-order valence-electron chi connectivity index (χ1n) is 9.38. The molecule has 0 radical (unpaired) electrons. The molecule has 30 heavy (non-hydrogen) atoms. The topological polar surface area (TPSA) is 116 Å². The van der Waals surface area contributed by atoms with Crippen LogP contribution in [0.2, 0.25) is 0 Å². The average molecular weight is 429 g/mol. The Morgan fingerprint density at radius 1 is 1.17 bits per heavy atom. The third kappa shape index (κ3) is 5.44. The number of hydrazone groups is 1. The molecule has 2 aromatic rings. The van der Waals surface area contributed by atoms with Crippen LogP contribution in [0.3, 0.4) is 0 Å². The van der Waals surface area contributed by atoms with E-state index in [1.807, 2.05) is 31.2 Å². The molecule has 1 aliphatic heterocycles. The van der Waals surface area contributed by atoms with E-state index in [0.717, 1.165) is 17.4 Å². The van der Waals surface area contributed by atoms with Gasteiger partial charge in [0.1, 0.15) is 0 Å². The molecule has 2 N–H and O–H groups in total. The Morgan fingerprint density at radius 2 is 1.90 bits per heavy atom. The van der Waals surface area contributed by atoms with Crippen molar-refractivity contribution in [2.45, 2.75) is 32.2 Å². The summed E-state index contributed by atoms with van der Waals surface area (Å²) in [5, 5.41) is 14.8. The van der Waals surface area contributed by atoms with E-state index < -0.39 is 16.0 Å². The molecule has 9 heteroatoms. The van der Waals surface area contributed by atoms with E-state index in [2.05, 4.69) is 9.82 Å². The van der Waals surface area contributed by atoms with Gasteiger partial charge < -0.3 is 5.11 Å². The lowest BCUT2D eigenvalue weighted by molar-refractivity contribution is -0.141. The van der Waals surface area contributed by atoms with Gasteiger partial charge in [-0.25, -0.2) is 13.4 Å². The molecule has 0 aliphatic carbocycles. The van der Waals surface area contributed by atoms with Crippen molar-refractivity contribution in [1.82, 2.24) is 5.01 Å². The van der Waals surface area contributed by atoms with Crippen LogP contribution in [-0.4, -0.2) is 42.4 Å². The molecule has 0 fully saturated rings. The maximum Gasteiger partial charge on any atom is 0.303 e. The summed E-state index contributed by atoms with van der Waals surface area (Å²) in [6, 6.07) is 14.2. The summed E-state index contributed by atoms with van der Waals surface area (Å²) in [6.45, 7) is 1.96. The molecule has 1 aliphatic rings. The normalized spacial score (nSPS) is 16.3. The Kier molecular flexibility index (Phi) is 6.21. The van der Waals surface area contributed by atoms with Gasteiger partial charge in [-0.15, -0.1) is 0 Å². The number of carboxylic acid groups (broad SMARTS) is 1. The number of hydrogen-bond donors (Lipinski definition) is 2. The summed E-state index contributed by atoms with van der Waals surface area (Å²) in [6.07, 6.45) is 1.09. The molecule has 1 amide bonds. The van der Waals surface area contributed by atoms with E-state index in [0.29, 0.717) is 23.4 Å². The van der Waals surface area contributed by atoms with Crippen molar-refractivity contribution in [2.24, 2.45) is 5.10 Å². The number of aryl methyl sites for hydroxylation is 1. The van der Waals surface area contributed by atoms with Gasteiger partial charge >= 0.3 is 5.97 Å². The Labute approximate surface area is 175 Å². The molecule has 1 heterocycles. The summed E-state index contributed by atoms with van der Waals surface area (Å²) in [5.41, 5.74) is 3.67. The highest BCUT2D eigenvalue weighted by Gasteiger charge is 2.33. The fourth-order valence-corrected chi connectivity index (χ4v) is 3.91. The first-order chi connectivity index (χ1) is 14.1.